The summed E-state index contributed by atoms with van der Waals surface area (Å²) in [7, 11) is 0. The Bertz CT molecular complexity index is 333. The first kappa shape index (κ1) is 11.9. The van der Waals surface area contributed by atoms with Gasteiger partial charge in [-0.25, -0.2) is 0 Å². The predicted octanol–water partition coefficient (Wildman–Crippen LogP) is 3.08. The standard InChI is InChI=1S/C12H15NOS/c1-2-15-8-4-7-14-12-6-3-5-11(9-12)10-13/h3,5-6,9H,2,4,7-8H2,1H3. The van der Waals surface area contributed by atoms with E-state index in [-0.39, 0.29) is 0 Å². The number of hydrogen-bond acceptors (Lipinski definition) is 3. The highest BCUT2D eigenvalue weighted by atomic mass is 32.2. The summed E-state index contributed by atoms with van der Waals surface area (Å²) in [6, 6.07) is 9.37. The molecule has 0 saturated carbocycles. The Morgan fingerprint density at radius 1 is 1.47 bits per heavy atom. The van der Waals surface area contributed by atoms with E-state index >= 15 is 0 Å². The third-order valence-corrected chi connectivity index (χ3v) is 2.85. The molecule has 0 radical (unpaired) electrons. The van der Waals surface area contributed by atoms with Gasteiger partial charge in [-0.3, -0.25) is 0 Å². The van der Waals surface area contributed by atoms with E-state index in [1.165, 1.54) is 0 Å². The zero-order valence-corrected chi connectivity index (χ0v) is 9.72. The van der Waals surface area contributed by atoms with Crippen molar-refractivity contribution in [2.45, 2.75) is 13.3 Å². The van der Waals surface area contributed by atoms with Crippen molar-refractivity contribution in [3.8, 4) is 11.8 Å². The van der Waals surface area contributed by atoms with Crippen LogP contribution < -0.4 is 4.74 Å². The summed E-state index contributed by atoms with van der Waals surface area (Å²) < 4.78 is 5.53. The third-order valence-electron chi connectivity index (χ3n) is 1.87. The van der Waals surface area contributed by atoms with Crippen molar-refractivity contribution in [1.82, 2.24) is 0 Å². The summed E-state index contributed by atoms with van der Waals surface area (Å²) >= 11 is 1.92. The fourth-order valence-electron chi connectivity index (χ4n) is 1.15. The Morgan fingerprint density at radius 3 is 3.07 bits per heavy atom. The maximum atomic E-state index is 8.69. The second-order valence-electron chi connectivity index (χ2n) is 3.04. The van der Waals surface area contributed by atoms with Gasteiger partial charge in [-0.2, -0.15) is 17.0 Å². The van der Waals surface area contributed by atoms with Crippen molar-refractivity contribution in [3.05, 3.63) is 29.8 Å². The number of nitriles is 1. The SMILES string of the molecule is CCSCCCOc1cccc(C#N)c1. The van der Waals surface area contributed by atoms with Crippen LogP contribution in [0.2, 0.25) is 0 Å². The summed E-state index contributed by atoms with van der Waals surface area (Å²) in [6.45, 7) is 2.88. The van der Waals surface area contributed by atoms with Gasteiger partial charge in [0.15, 0.2) is 0 Å². The van der Waals surface area contributed by atoms with Gasteiger partial charge in [0.2, 0.25) is 0 Å². The Kier molecular flexibility index (Phi) is 5.72. The van der Waals surface area contributed by atoms with Crippen molar-refractivity contribution < 1.29 is 4.74 Å². The first-order valence-electron chi connectivity index (χ1n) is 5.07. The minimum atomic E-state index is 0.649. The molecule has 0 saturated heterocycles. The molecule has 0 N–H and O–H groups in total. The van der Waals surface area contributed by atoms with Crippen LogP contribution in [0, 0.1) is 11.3 Å². The summed E-state index contributed by atoms with van der Waals surface area (Å²) in [5.41, 5.74) is 0.649. The number of thioether (sulfide) groups is 1. The average molecular weight is 221 g/mol. The zero-order chi connectivity index (χ0) is 10.9. The Morgan fingerprint density at radius 2 is 2.33 bits per heavy atom. The minimum Gasteiger partial charge on any atom is -0.494 e. The smallest absolute Gasteiger partial charge is 0.120 e. The number of hydrogen-bond donors (Lipinski definition) is 0. The number of ether oxygens (including phenoxy) is 1. The van der Waals surface area contributed by atoms with Crippen molar-refractivity contribution in [1.29, 1.82) is 5.26 Å². The molecule has 0 aliphatic rings. The van der Waals surface area contributed by atoms with Gasteiger partial charge in [0, 0.05) is 0 Å². The third kappa shape index (κ3) is 4.75. The van der Waals surface area contributed by atoms with Crippen LogP contribution in [0.4, 0.5) is 0 Å². The van der Waals surface area contributed by atoms with Gasteiger partial charge < -0.3 is 4.74 Å². The van der Waals surface area contributed by atoms with E-state index < -0.39 is 0 Å². The quantitative estimate of drug-likeness (QED) is 0.692. The number of nitrogens with zero attached hydrogens (tertiary/aromatic N) is 1. The molecule has 0 amide bonds. The average Bonchev–Trinajstić information content (AvgIpc) is 2.29. The normalized spacial score (nSPS) is 9.60. The fourth-order valence-corrected chi connectivity index (χ4v) is 1.76. The van der Waals surface area contributed by atoms with Gasteiger partial charge in [-0.15, -0.1) is 0 Å². The number of benzene rings is 1. The molecule has 15 heavy (non-hydrogen) atoms. The van der Waals surface area contributed by atoms with E-state index in [1.54, 1.807) is 12.1 Å². The van der Waals surface area contributed by atoms with Crippen molar-refractivity contribution in [2.75, 3.05) is 18.1 Å². The van der Waals surface area contributed by atoms with Crippen LogP contribution in [0.5, 0.6) is 5.75 Å². The largest absolute Gasteiger partial charge is 0.494 e. The van der Waals surface area contributed by atoms with E-state index in [1.807, 2.05) is 23.9 Å². The zero-order valence-electron chi connectivity index (χ0n) is 8.90. The van der Waals surface area contributed by atoms with Gasteiger partial charge in [-0.05, 0) is 36.1 Å². The first-order valence-corrected chi connectivity index (χ1v) is 6.23. The highest BCUT2D eigenvalue weighted by molar-refractivity contribution is 7.99. The van der Waals surface area contributed by atoms with Crippen molar-refractivity contribution in [3.63, 3.8) is 0 Å². The van der Waals surface area contributed by atoms with E-state index in [4.69, 9.17) is 10.00 Å². The molecule has 0 heterocycles. The lowest BCUT2D eigenvalue weighted by atomic mass is 10.2. The molecule has 0 spiro atoms. The molecule has 1 aromatic rings. The lowest BCUT2D eigenvalue weighted by Gasteiger charge is -2.05. The van der Waals surface area contributed by atoms with Crippen LogP contribution in [-0.4, -0.2) is 18.1 Å². The van der Waals surface area contributed by atoms with E-state index in [9.17, 15) is 0 Å². The van der Waals surface area contributed by atoms with Crippen LogP contribution in [0.25, 0.3) is 0 Å². The van der Waals surface area contributed by atoms with Crippen LogP contribution in [-0.2, 0) is 0 Å². The molecule has 80 valence electrons. The lowest BCUT2D eigenvalue weighted by molar-refractivity contribution is 0.318. The molecule has 3 heteroatoms. The van der Waals surface area contributed by atoms with Gasteiger partial charge in [0.25, 0.3) is 0 Å². The summed E-state index contributed by atoms with van der Waals surface area (Å²) in [4.78, 5) is 0. The summed E-state index contributed by atoms with van der Waals surface area (Å²) in [5, 5.41) is 8.69. The van der Waals surface area contributed by atoms with E-state index in [0.29, 0.717) is 5.56 Å². The number of rotatable bonds is 6. The molecule has 0 aromatic heterocycles. The second kappa shape index (κ2) is 7.19. The molecule has 0 unspecified atom stereocenters. The molecular formula is C12H15NOS. The van der Waals surface area contributed by atoms with Gasteiger partial charge in [-0.1, -0.05) is 13.0 Å². The summed E-state index contributed by atoms with van der Waals surface area (Å²) in [6.07, 6.45) is 1.05. The Balaban J connectivity index is 2.28. The molecule has 0 bridgehead atoms. The Hall–Kier alpha value is -1.14. The highest BCUT2D eigenvalue weighted by Crippen LogP contribution is 2.13. The maximum Gasteiger partial charge on any atom is 0.120 e. The lowest BCUT2D eigenvalue weighted by Crippen LogP contribution is -1.98. The molecule has 0 fully saturated rings. The molecular weight excluding hydrogens is 206 g/mol. The Labute approximate surface area is 95.3 Å². The van der Waals surface area contributed by atoms with E-state index in [2.05, 4.69) is 13.0 Å². The maximum absolute atomic E-state index is 8.69. The van der Waals surface area contributed by atoms with Crippen molar-refractivity contribution in [2.24, 2.45) is 0 Å². The molecule has 1 rings (SSSR count). The topological polar surface area (TPSA) is 33.0 Å². The van der Waals surface area contributed by atoms with Crippen molar-refractivity contribution >= 4 is 11.8 Å². The monoisotopic (exact) mass is 221 g/mol. The minimum absolute atomic E-state index is 0.649. The molecule has 2 nitrogen and oxygen atoms in total. The predicted molar refractivity (Wildman–Crippen MR) is 64.3 cm³/mol. The van der Waals surface area contributed by atoms with Gasteiger partial charge in [0.1, 0.15) is 5.75 Å². The van der Waals surface area contributed by atoms with Crippen LogP contribution in [0.3, 0.4) is 0 Å². The molecule has 0 aliphatic carbocycles. The molecule has 1 aromatic carbocycles. The van der Waals surface area contributed by atoms with Gasteiger partial charge >= 0.3 is 0 Å². The van der Waals surface area contributed by atoms with Gasteiger partial charge in [0.05, 0.1) is 18.2 Å². The van der Waals surface area contributed by atoms with Crippen LogP contribution >= 0.6 is 11.8 Å². The first-order chi connectivity index (χ1) is 7.36. The van der Waals surface area contributed by atoms with E-state index in [0.717, 1.165) is 30.3 Å². The highest BCUT2D eigenvalue weighted by Gasteiger charge is 1.95. The van der Waals surface area contributed by atoms with Crippen LogP contribution in [0.1, 0.15) is 18.9 Å². The van der Waals surface area contributed by atoms with Crippen LogP contribution in [0.15, 0.2) is 24.3 Å². The summed E-state index contributed by atoms with van der Waals surface area (Å²) in [5.74, 6) is 3.08. The molecule has 0 aliphatic heterocycles. The molecule has 0 atom stereocenters. The second-order valence-corrected chi connectivity index (χ2v) is 4.43. The fraction of sp³-hybridized carbons (Fsp3) is 0.417.